The lowest BCUT2D eigenvalue weighted by molar-refractivity contribution is -0.122. The third-order valence-electron chi connectivity index (χ3n) is 5.86. The van der Waals surface area contributed by atoms with E-state index >= 15 is 0 Å². The van der Waals surface area contributed by atoms with E-state index in [1.165, 1.54) is 19.1 Å². The molecule has 0 bridgehead atoms. The number of fused-ring (bicyclic) bond motifs is 1. The molecular weight excluding hydrogens is 396 g/mol. The molecule has 160 valence electrons. The van der Waals surface area contributed by atoms with Gasteiger partial charge in [-0.3, -0.25) is 14.4 Å². The molecule has 0 spiro atoms. The Bertz CT molecular complexity index is 1090. The van der Waals surface area contributed by atoms with Crippen molar-refractivity contribution in [2.75, 3.05) is 24.4 Å². The van der Waals surface area contributed by atoms with Gasteiger partial charge in [0.2, 0.25) is 11.8 Å². The Hall–Kier alpha value is -3.61. The Morgan fingerprint density at radius 2 is 1.74 bits per heavy atom. The summed E-state index contributed by atoms with van der Waals surface area (Å²) in [4.78, 5) is 40.6. The standard InChI is InChI=1S/C24H24N2O5/c1-14-11-12-15-17(13-14)24(29)26(23(15)28)19-9-5-4-7-16(19)22(27)25-18-8-6-10-20(30-2)21(18)31-3/h4-11,15,17H,12-13H2,1-3H3,(H,25,27)/t15-,17-/m0/s1. The minimum absolute atomic E-state index is 0.234. The van der Waals surface area contributed by atoms with Crippen molar-refractivity contribution >= 4 is 29.1 Å². The van der Waals surface area contributed by atoms with Gasteiger partial charge in [0, 0.05) is 0 Å². The van der Waals surface area contributed by atoms with Crippen molar-refractivity contribution in [1.29, 1.82) is 0 Å². The molecule has 7 heteroatoms. The van der Waals surface area contributed by atoms with E-state index in [4.69, 9.17) is 9.47 Å². The van der Waals surface area contributed by atoms with Crippen LogP contribution in [0.5, 0.6) is 11.5 Å². The van der Waals surface area contributed by atoms with Crippen molar-refractivity contribution in [3.63, 3.8) is 0 Å². The van der Waals surface area contributed by atoms with Crippen LogP contribution in [0.2, 0.25) is 0 Å². The van der Waals surface area contributed by atoms with Crippen molar-refractivity contribution in [3.8, 4) is 11.5 Å². The molecule has 1 heterocycles. The molecule has 0 saturated carbocycles. The molecule has 1 saturated heterocycles. The summed E-state index contributed by atoms with van der Waals surface area (Å²) < 4.78 is 10.7. The van der Waals surface area contributed by atoms with Gasteiger partial charge < -0.3 is 14.8 Å². The highest BCUT2D eigenvalue weighted by molar-refractivity contribution is 6.25. The van der Waals surface area contributed by atoms with Crippen molar-refractivity contribution < 1.29 is 23.9 Å². The summed E-state index contributed by atoms with van der Waals surface area (Å²) in [5, 5.41) is 2.81. The molecule has 1 aliphatic carbocycles. The SMILES string of the molecule is COc1cccc(NC(=O)c2ccccc2N2C(=O)[C@H]3CC=C(C)C[C@@H]3C2=O)c1OC. The van der Waals surface area contributed by atoms with Crippen LogP contribution in [-0.4, -0.2) is 31.9 Å². The molecule has 3 amide bonds. The number of nitrogens with one attached hydrogen (secondary N) is 1. The zero-order valence-electron chi connectivity index (χ0n) is 17.7. The number of hydrogen-bond acceptors (Lipinski definition) is 5. The average Bonchev–Trinajstić information content (AvgIpc) is 3.02. The average molecular weight is 420 g/mol. The molecule has 2 aliphatic rings. The molecule has 0 unspecified atom stereocenters. The maximum absolute atomic E-state index is 13.2. The topological polar surface area (TPSA) is 84.9 Å². The van der Waals surface area contributed by atoms with E-state index in [9.17, 15) is 14.4 Å². The first-order chi connectivity index (χ1) is 15.0. The molecule has 2 aromatic rings. The van der Waals surface area contributed by atoms with Crippen molar-refractivity contribution in [2.24, 2.45) is 11.8 Å². The Kier molecular flexibility index (Phi) is 5.50. The fraction of sp³-hybridized carbons (Fsp3) is 0.292. The van der Waals surface area contributed by atoms with Crippen LogP contribution in [0.1, 0.15) is 30.1 Å². The largest absolute Gasteiger partial charge is 0.493 e. The second-order valence-electron chi connectivity index (χ2n) is 7.73. The maximum atomic E-state index is 13.2. The molecule has 1 fully saturated rings. The first kappa shape index (κ1) is 20.7. The van der Waals surface area contributed by atoms with Crippen LogP contribution in [0.15, 0.2) is 54.1 Å². The summed E-state index contributed by atoms with van der Waals surface area (Å²) in [6.07, 6.45) is 3.14. The summed E-state index contributed by atoms with van der Waals surface area (Å²) >= 11 is 0. The van der Waals surface area contributed by atoms with Crippen LogP contribution in [0, 0.1) is 11.8 Å². The van der Waals surface area contributed by atoms with Gasteiger partial charge in [-0.05, 0) is 44.0 Å². The minimum Gasteiger partial charge on any atom is -0.493 e. The summed E-state index contributed by atoms with van der Waals surface area (Å²) in [5.41, 5.74) is 2.07. The van der Waals surface area contributed by atoms with E-state index in [0.717, 1.165) is 5.57 Å². The van der Waals surface area contributed by atoms with E-state index in [-0.39, 0.29) is 29.2 Å². The van der Waals surface area contributed by atoms with Gasteiger partial charge in [-0.15, -0.1) is 0 Å². The first-order valence-electron chi connectivity index (χ1n) is 10.1. The number of imide groups is 1. The third kappa shape index (κ3) is 3.56. The fourth-order valence-corrected chi connectivity index (χ4v) is 4.31. The number of anilines is 2. The molecule has 31 heavy (non-hydrogen) atoms. The van der Waals surface area contributed by atoms with Crippen molar-refractivity contribution in [3.05, 3.63) is 59.7 Å². The maximum Gasteiger partial charge on any atom is 0.257 e. The zero-order chi connectivity index (χ0) is 22.1. The van der Waals surface area contributed by atoms with E-state index in [2.05, 4.69) is 5.32 Å². The van der Waals surface area contributed by atoms with E-state index in [1.54, 1.807) is 42.5 Å². The second-order valence-corrected chi connectivity index (χ2v) is 7.73. The molecule has 0 radical (unpaired) electrons. The van der Waals surface area contributed by atoms with Gasteiger partial charge in [-0.25, -0.2) is 4.90 Å². The molecule has 4 rings (SSSR count). The van der Waals surface area contributed by atoms with Gasteiger partial charge in [-0.1, -0.05) is 29.8 Å². The molecular formula is C24H24N2O5. The van der Waals surface area contributed by atoms with Gasteiger partial charge in [0.1, 0.15) is 0 Å². The van der Waals surface area contributed by atoms with Crippen LogP contribution in [0.25, 0.3) is 0 Å². The van der Waals surface area contributed by atoms with Gasteiger partial charge in [0.25, 0.3) is 5.91 Å². The lowest BCUT2D eigenvalue weighted by Gasteiger charge is -2.19. The van der Waals surface area contributed by atoms with Crippen molar-refractivity contribution in [2.45, 2.75) is 19.8 Å². The smallest absolute Gasteiger partial charge is 0.257 e. The van der Waals surface area contributed by atoms with Gasteiger partial charge in [-0.2, -0.15) is 0 Å². The number of carbonyl (C=O) groups is 3. The zero-order valence-corrected chi connectivity index (χ0v) is 17.7. The van der Waals surface area contributed by atoms with Crippen molar-refractivity contribution in [1.82, 2.24) is 0 Å². The Balaban J connectivity index is 1.67. The molecule has 7 nitrogen and oxygen atoms in total. The van der Waals surface area contributed by atoms with E-state index in [1.807, 2.05) is 13.0 Å². The molecule has 0 aromatic heterocycles. The highest BCUT2D eigenvalue weighted by atomic mass is 16.5. The lowest BCUT2D eigenvalue weighted by atomic mass is 9.82. The van der Waals surface area contributed by atoms with Crippen LogP contribution >= 0.6 is 0 Å². The normalized spacial score (nSPS) is 20.2. The number of para-hydroxylation sites is 2. The highest BCUT2D eigenvalue weighted by Gasteiger charge is 2.49. The Morgan fingerprint density at radius 1 is 1.00 bits per heavy atom. The quantitative estimate of drug-likeness (QED) is 0.587. The number of nitrogens with zero attached hydrogens (tertiary/aromatic N) is 1. The number of allylic oxidation sites excluding steroid dienone is 2. The Labute approximate surface area is 180 Å². The predicted molar refractivity (Wildman–Crippen MR) is 116 cm³/mol. The van der Waals surface area contributed by atoms with E-state index < -0.39 is 5.91 Å². The van der Waals surface area contributed by atoms with E-state index in [0.29, 0.717) is 35.7 Å². The summed E-state index contributed by atoms with van der Waals surface area (Å²) in [7, 11) is 3.00. The Morgan fingerprint density at radius 3 is 2.48 bits per heavy atom. The lowest BCUT2D eigenvalue weighted by Crippen LogP contribution is -2.33. The van der Waals surface area contributed by atoms with Gasteiger partial charge in [0.15, 0.2) is 11.5 Å². The number of rotatable bonds is 5. The monoisotopic (exact) mass is 420 g/mol. The molecule has 1 aliphatic heterocycles. The number of methoxy groups -OCH3 is 2. The van der Waals surface area contributed by atoms with Crippen LogP contribution in [-0.2, 0) is 9.59 Å². The first-order valence-corrected chi connectivity index (χ1v) is 10.1. The number of carbonyl (C=O) groups excluding carboxylic acids is 3. The van der Waals surface area contributed by atoms with Gasteiger partial charge in [0.05, 0.1) is 43.0 Å². The summed E-state index contributed by atoms with van der Waals surface area (Å²) in [6.45, 7) is 1.97. The third-order valence-corrected chi connectivity index (χ3v) is 5.86. The molecule has 2 atom stereocenters. The summed E-state index contributed by atoms with van der Waals surface area (Å²) in [6, 6.07) is 11.8. The number of amides is 3. The predicted octanol–water partition coefficient (Wildman–Crippen LogP) is 3.80. The molecule has 2 aromatic carbocycles. The molecule has 1 N–H and O–H groups in total. The van der Waals surface area contributed by atoms with Crippen LogP contribution in [0.3, 0.4) is 0 Å². The fourth-order valence-electron chi connectivity index (χ4n) is 4.31. The van der Waals surface area contributed by atoms with Gasteiger partial charge >= 0.3 is 0 Å². The minimum atomic E-state index is -0.452. The highest BCUT2D eigenvalue weighted by Crippen LogP contribution is 2.41. The number of benzene rings is 2. The van der Waals surface area contributed by atoms with Crippen LogP contribution < -0.4 is 19.7 Å². The van der Waals surface area contributed by atoms with Crippen LogP contribution in [0.4, 0.5) is 11.4 Å². The number of ether oxygens (including phenoxy) is 2. The summed E-state index contributed by atoms with van der Waals surface area (Å²) in [5.74, 6) is -0.827. The number of hydrogen-bond donors (Lipinski definition) is 1. The second kappa shape index (κ2) is 8.26.